The van der Waals surface area contributed by atoms with E-state index in [-0.39, 0.29) is 0 Å². The van der Waals surface area contributed by atoms with Crippen molar-refractivity contribution in [3.05, 3.63) is 35.2 Å². The summed E-state index contributed by atoms with van der Waals surface area (Å²) in [7, 11) is 0. The molecular weight excluding hydrogens is 232 g/mol. The highest BCUT2D eigenvalue weighted by Gasteiger charge is 2.19. The molecule has 0 saturated heterocycles. The number of rotatable bonds is 1. The minimum atomic E-state index is 0.379. The van der Waals surface area contributed by atoms with Gasteiger partial charge >= 0.3 is 0 Å². The predicted molar refractivity (Wildman–Crippen MR) is 70.4 cm³/mol. The predicted octanol–water partition coefficient (Wildman–Crippen LogP) is 4.33. The molecule has 1 aromatic carbocycles. The van der Waals surface area contributed by atoms with Crippen LogP contribution >= 0.6 is 11.6 Å². The molecule has 2 nitrogen and oxygen atoms in total. The highest BCUT2D eigenvalue weighted by atomic mass is 35.5. The van der Waals surface area contributed by atoms with Gasteiger partial charge in [-0.15, -0.1) is 0 Å². The van der Waals surface area contributed by atoms with Crippen molar-refractivity contribution in [2.45, 2.75) is 38.0 Å². The van der Waals surface area contributed by atoms with Crippen molar-refractivity contribution in [3.8, 4) is 0 Å². The molecule has 1 aliphatic rings. The van der Waals surface area contributed by atoms with Crippen LogP contribution in [0.15, 0.2) is 24.3 Å². The van der Waals surface area contributed by atoms with E-state index in [1.165, 1.54) is 37.5 Å². The molecule has 0 atom stereocenters. The fraction of sp³-hybridized carbons (Fsp3) is 0.429. The average molecular weight is 247 g/mol. The molecule has 0 spiro atoms. The van der Waals surface area contributed by atoms with Crippen molar-refractivity contribution in [1.29, 1.82) is 0 Å². The van der Waals surface area contributed by atoms with Crippen molar-refractivity contribution in [2.24, 2.45) is 0 Å². The summed E-state index contributed by atoms with van der Waals surface area (Å²) in [6.07, 6.45) is 6.43. The van der Waals surface area contributed by atoms with Gasteiger partial charge in [0.25, 0.3) is 0 Å². The van der Waals surface area contributed by atoms with E-state index in [1.807, 2.05) is 18.2 Å². The van der Waals surface area contributed by atoms with Gasteiger partial charge in [0.15, 0.2) is 0 Å². The van der Waals surface area contributed by atoms with Gasteiger partial charge in [-0.1, -0.05) is 37.5 Å². The van der Waals surface area contributed by atoms with E-state index in [0.717, 1.165) is 11.2 Å². The molecule has 0 amide bonds. The van der Waals surface area contributed by atoms with Crippen molar-refractivity contribution < 1.29 is 0 Å². The Balaban J connectivity index is 2.13. The van der Waals surface area contributed by atoms with E-state index >= 15 is 0 Å². The van der Waals surface area contributed by atoms with E-state index in [0.29, 0.717) is 11.2 Å². The number of para-hydroxylation sites is 1. The van der Waals surface area contributed by atoms with Gasteiger partial charge in [-0.25, -0.2) is 9.97 Å². The van der Waals surface area contributed by atoms with Gasteiger partial charge < -0.3 is 0 Å². The smallest absolute Gasteiger partial charge is 0.222 e. The van der Waals surface area contributed by atoms with Crippen LogP contribution in [0.2, 0.25) is 5.28 Å². The van der Waals surface area contributed by atoms with Crippen LogP contribution in [0.25, 0.3) is 10.9 Å². The number of aromatic nitrogens is 2. The third-order valence-corrected chi connectivity index (χ3v) is 3.77. The normalized spacial score (nSPS) is 17.5. The second-order valence-corrected chi connectivity index (χ2v) is 5.07. The molecule has 0 radical (unpaired) electrons. The molecule has 0 unspecified atom stereocenters. The number of halogens is 1. The number of nitrogens with zero attached hydrogens (tertiary/aromatic N) is 2. The average Bonchev–Trinajstić information content (AvgIpc) is 2.39. The van der Waals surface area contributed by atoms with E-state index in [4.69, 9.17) is 11.6 Å². The lowest BCUT2D eigenvalue weighted by Gasteiger charge is -2.22. The van der Waals surface area contributed by atoms with Gasteiger partial charge in [-0.05, 0) is 30.5 Å². The summed E-state index contributed by atoms with van der Waals surface area (Å²) < 4.78 is 0. The van der Waals surface area contributed by atoms with E-state index in [2.05, 4.69) is 16.0 Å². The maximum Gasteiger partial charge on any atom is 0.223 e. The fourth-order valence-electron chi connectivity index (χ4n) is 2.76. The number of benzene rings is 1. The third-order valence-electron chi connectivity index (χ3n) is 3.60. The van der Waals surface area contributed by atoms with Gasteiger partial charge in [0.05, 0.1) is 11.2 Å². The first-order chi connectivity index (χ1) is 8.34. The summed E-state index contributed by atoms with van der Waals surface area (Å²) in [5.74, 6) is 0.564. The first kappa shape index (κ1) is 11.0. The lowest BCUT2D eigenvalue weighted by Crippen LogP contribution is -2.08. The van der Waals surface area contributed by atoms with Gasteiger partial charge in [0.1, 0.15) is 0 Å². The Bertz CT molecular complexity index is 533. The van der Waals surface area contributed by atoms with E-state index < -0.39 is 0 Å². The zero-order valence-corrected chi connectivity index (χ0v) is 10.5. The quantitative estimate of drug-likeness (QED) is 0.700. The summed E-state index contributed by atoms with van der Waals surface area (Å²) in [4.78, 5) is 8.76. The standard InChI is InChI=1S/C14H15ClN2/c15-14-16-12-9-5-4-8-11(12)13(17-14)10-6-2-1-3-7-10/h4-5,8-10H,1-3,6-7H2. The molecule has 2 aromatic rings. The molecule has 1 heterocycles. The summed E-state index contributed by atoms with van der Waals surface area (Å²) in [5, 5.41) is 1.55. The van der Waals surface area contributed by atoms with Crippen molar-refractivity contribution in [2.75, 3.05) is 0 Å². The molecule has 3 rings (SSSR count). The number of hydrogen-bond acceptors (Lipinski definition) is 2. The molecule has 1 fully saturated rings. The van der Waals surface area contributed by atoms with Crippen LogP contribution in [0.5, 0.6) is 0 Å². The first-order valence-electron chi connectivity index (χ1n) is 6.27. The first-order valence-corrected chi connectivity index (χ1v) is 6.64. The number of hydrogen-bond donors (Lipinski definition) is 0. The molecule has 1 aromatic heterocycles. The summed E-state index contributed by atoms with van der Waals surface area (Å²) >= 11 is 6.02. The Hall–Kier alpha value is -1.15. The summed E-state index contributed by atoms with van der Waals surface area (Å²) in [5.41, 5.74) is 2.12. The second-order valence-electron chi connectivity index (χ2n) is 4.73. The maximum atomic E-state index is 6.02. The lowest BCUT2D eigenvalue weighted by molar-refractivity contribution is 0.438. The van der Waals surface area contributed by atoms with Gasteiger partial charge in [0, 0.05) is 11.3 Å². The van der Waals surface area contributed by atoms with Crippen LogP contribution in [-0.4, -0.2) is 9.97 Å². The Morgan fingerprint density at radius 2 is 1.76 bits per heavy atom. The molecule has 0 aliphatic heterocycles. The fourth-order valence-corrected chi connectivity index (χ4v) is 2.94. The topological polar surface area (TPSA) is 25.8 Å². The lowest BCUT2D eigenvalue weighted by atomic mass is 9.85. The molecule has 0 N–H and O–H groups in total. The zero-order valence-electron chi connectivity index (χ0n) is 9.69. The summed E-state index contributed by atoms with van der Waals surface area (Å²) in [6.45, 7) is 0. The molecule has 1 aliphatic carbocycles. The van der Waals surface area contributed by atoms with Gasteiger partial charge in [-0.3, -0.25) is 0 Å². The number of fused-ring (bicyclic) bond motifs is 1. The molecule has 3 heteroatoms. The SMILES string of the molecule is Clc1nc(C2CCCCC2)c2ccccc2n1. The van der Waals surface area contributed by atoms with Crippen molar-refractivity contribution >= 4 is 22.5 Å². The van der Waals surface area contributed by atoms with E-state index in [9.17, 15) is 0 Å². The molecule has 0 bridgehead atoms. The van der Waals surface area contributed by atoms with Crippen LogP contribution < -0.4 is 0 Å². The van der Waals surface area contributed by atoms with Crippen LogP contribution in [0.1, 0.15) is 43.7 Å². The van der Waals surface area contributed by atoms with Gasteiger partial charge in [-0.2, -0.15) is 0 Å². The van der Waals surface area contributed by atoms with Gasteiger partial charge in [0.2, 0.25) is 5.28 Å². The maximum absolute atomic E-state index is 6.02. The Morgan fingerprint density at radius 1 is 1.00 bits per heavy atom. The van der Waals surface area contributed by atoms with E-state index in [1.54, 1.807) is 0 Å². The Labute approximate surface area is 106 Å². The zero-order chi connectivity index (χ0) is 11.7. The molecule has 1 saturated carbocycles. The monoisotopic (exact) mass is 246 g/mol. The van der Waals surface area contributed by atoms with Crippen molar-refractivity contribution in [3.63, 3.8) is 0 Å². The Morgan fingerprint density at radius 3 is 2.59 bits per heavy atom. The van der Waals surface area contributed by atoms with Crippen molar-refractivity contribution in [1.82, 2.24) is 9.97 Å². The highest BCUT2D eigenvalue weighted by molar-refractivity contribution is 6.28. The second kappa shape index (κ2) is 4.61. The third kappa shape index (κ3) is 2.14. The molecule has 88 valence electrons. The van der Waals surface area contributed by atoms with Crippen LogP contribution in [-0.2, 0) is 0 Å². The minimum absolute atomic E-state index is 0.379. The molecule has 17 heavy (non-hydrogen) atoms. The largest absolute Gasteiger partial charge is 0.223 e. The minimum Gasteiger partial charge on any atom is -0.222 e. The van der Waals surface area contributed by atoms with Crippen LogP contribution in [0.3, 0.4) is 0 Å². The summed E-state index contributed by atoms with van der Waals surface area (Å²) in [6, 6.07) is 8.16. The van der Waals surface area contributed by atoms with Crippen LogP contribution in [0.4, 0.5) is 0 Å². The molecular formula is C14H15ClN2. The van der Waals surface area contributed by atoms with Crippen LogP contribution in [0, 0.1) is 0 Å². The highest BCUT2D eigenvalue weighted by Crippen LogP contribution is 2.35. The Kier molecular flexibility index (Phi) is 2.98.